The van der Waals surface area contributed by atoms with Gasteiger partial charge in [-0.2, -0.15) is 0 Å². The summed E-state index contributed by atoms with van der Waals surface area (Å²) in [6, 6.07) is 0. The van der Waals surface area contributed by atoms with Crippen LogP contribution in [0.5, 0.6) is 0 Å². The summed E-state index contributed by atoms with van der Waals surface area (Å²) < 4.78 is 22.6. The van der Waals surface area contributed by atoms with Crippen molar-refractivity contribution in [2.75, 3.05) is 6.61 Å². The average Bonchev–Trinajstić information content (AvgIpc) is 3.40. The highest BCUT2D eigenvalue weighted by atomic mass is 19.1. The lowest BCUT2D eigenvalue weighted by Crippen LogP contribution is -2.69. The third-order valence-corrected chi connectivity index (χ3v) is 11.7. The van der Waals surface area contributed by atoms with Gasteiger partial charge in [-0.05, 0) is 74.9 Å². The molecule has 0 bridgehead atoms. The number of alkyl halides is 1. The number of hydrogen-bond acceptors (Lipinski definition) is 7. The average molecular weight is 561 g/mol. The number of carboxylic acid groups (broad SMARTS) is 1. The molecule has 8 atom stereocenters. The van der Waals surface area contributed by atoms with Crippen molar-refractivity contribution in [3.63, 3.8) is 0 Å². The first-order chi connectivity index (χ1) is 18.6. The molecule has 5 aliphatic rings. The molecule has 0 spiro atoms. The number of carboxylic acids is 1. The number of fused-ring (bicyclic) bond motifs is 5. The SMILES string of the molecule is C[C@@H]1C[C@H]2[C@@H]3CCC4=CC(=O)C=C[C@]4(C)[C@@]3(F)[C@@H](O)C[C@]2(C)[C@@]1(O)C(=O)COC(=O)CC1(CC(=O)O)CCCC1. The summed E-state index contributed by atoms with van der Waals surface area (Å²) in [7, 11) is 0. The standard InChI is InChI=1S/C31H41FO8/c1-18-12-22-21-7-6-19-13-20(33)8-11-27(19,2)30(21,32)23(34)14-28(22,3)31(18,39)24(35)17-40-26(38)16-29(15-25(36)37)9-4-5-10-29/h8,11,13,18,21-23,34,39H,4-7,9-10,12,14-17H2,1-3H3,(H,36,37)/t18-,21+,22+,23+,27+,28+,30+,31+/m1/s1. The fourth-order valence-electron chi connectivity index (χ4n) is 9.62. The zero-order valence-electron chi connectivity index (χ0n) is 23.6. The molecule has 8 nitrogen and oxygen atoms in total. The number of aliphatic hydroxyl groups excluding tert-OH is 1. The monoisotopic (exact) mass is 560 g/mol. The fourth-order valence-corrected chi connectivity index (χ4v) is 9.62. The van der Waals surface area contributed by atoms with Crippen LogP contribution in [0, 0.1) is 34.0 Å². The number of carbonyl (C=O) groups excluding carboxylic acids is 3. The van der Waals surface area contributed by atoms with Gasteiger partial charge in [0, 0.05) is 16.7 Å². The van der Waals surface area contributed by atoms with Crippen molar-refractivity contribution < 1.29 is 43.6 Å². The number of rotatable bonds is 7. The molecule has 9 heteroatoms. The lowest BCUT2D eigenvalue weighted by atomic mass is 9.44. The van der Waals surface area contributed by atoms with Crippen LogP contribution in [0.1, 0.15) is 85.0 Å². The van der Waals surface area contributed by atoms with Crippen molar-refractivity contribution >= 4 is 23.5 Å². The highest BCUT2D eigenvalue weighted by molar-refractivity contribution is 6.01. The van der Waals surface area contributed by atoms with Gasteiger partial charge in [-0.1, -0.05) is 38.3 Å². The first-order valence-electron chi connectivity index (χ1n) is 14.6. The number of hydrogen-bond donors (Lipinski definition) is 3. The molecule has 0 unspecified atom stereocenters. The van der Waals surface area contributed by atoms with Gasteiger partial charge in [-0.3, -0.25) is 19.2 Å². The minimum absolute atomic E-state index is 0.101. The molecule has 0 radical (unpaired) electrons. The summed E-state index contributed by atoms with van der Waals surface area (Å²) in [6.07, 6.45) is 6.61. The third-order valence-electron chi connectivity index (χ3n) is 11.7. The molecular weight excluding hydrogens is 519 g/mol. The second-order valence-corrected chi connectivity index (χ2v) is 13.7. The summed E-state index contributed by atoms with van der Waals surface area (Å²) in [5, 5.41) is 32.8. The maximum Gasteiger partial charge on any atom is 0.306 e. The van der Waals surface area contributed by atoms with E-state index in [2.05, 4.69) is 0 Å². The van der Waals surface area contributed by atoms with E-state index in [0.29, 0.717) is 37.7 Å². The minimum Gasteiger partial charge on any atom is -0.481 e. The topological polar surface area (TPSA) is 138 Å². The van der Waals surface area contributed by atoms with Crippen LogP contribution in [0.15, 0.2) is 23.8 Å². The van der Waals surface area contributed by atoms with Gasteiger partial charge in [-0.25, -0.2) is 4.39 Å². The van der Waals surface area contributed by atoms with Gasteiger partial charge in [0.1, 0.15) is 5.60 Å². The Labute approximate surface area is 234 Å². The Morgan fingerprint density at radius 2 is 1.80 bits per heavy atom. The van der Waals surface area contributed by atoms with E-state index in [1.807, 2.05) is 0 Å². The van der Waals surface area contributed by atoms with E-state index in [0.717, 1.165) is 12.8 Å². The Balaban J connectivity index is 1.36. The van der Waals surface area contributed by atoms with Crippen molar-refractivity contribution in [2.45, 2.75) is 102 Å². The maximum atomic E-state index is 17.3. The number of ether oxygens (including phenoxy) is 1. The van der Waals surface area contributed by atoms with Gasteiger partial charge in [0.25, 0.3) is 0 Å². The Kier molecular flexibility index (Phi) is 6.97. The van der Waals surface area contributed by atoms with E-state index in [1.54, 1.807) is 26.8 Å². The number of aliphatic carboxylic acids is 1. The normalized spacial score (nSPS) is 43.4. The molecule has 4 fully saturated rings. The second kappa shape index (κ2) is 9.58. The molecule has 40 heavy (non-hydrogen) atoms. The molecule has 5 aliphatic carbocycles. The van der Waals surface area contributed by atoms with Crippen LogP contribution in [-0.2, 0) is 23.9 Å². The molecular formula is C31H41FO8. The molecule has 0 aliphatic heterocycles. The highest BCUT2D eigenvalue weighted by Crippen LogP contribution is 2.70. The number of ketones is 2. The van der Waals surface area contributed by atoms with Gasteiger partial charge in [0.2, 0.25) is 5.78 Å². The fraction of sp³-hybridized carbons (Fsp3) is 0.742. The van der Waals surface area contributed by atoms with Crippen molar-refractivity contribution in [1.29, 1.82) is 0 Å². The van der Waals surface area contributed by atoms with Crippen LogP contribution in [0.25, 0.3) is 0 Å². The van der Waals surface area contributed by atoms with Crippen molar-refractivity contribution in [1.82, 2.24) is 0 Å². The van der Waals surface area contributed by atoms with E-state index in [1.165, 1.54) is 12.2 Å². The van der Waals surface area contributed by atoms with Crippen molar-refractivity contribution in [2.24, 2.45) is 34.0 Å². The Morgan fingerprint density at radius 1 is 1.12 bits per heavy atom. The van der Waals surface area contributed by atoms with E-state index >= 15 is 4.39 Å². The summed E-state index contributed by atoms with van der Waals surface area (Å²) in [6.45, 7) is 4.53. The summed E-state index contributed by atoms with van der Waals surface area (Å²) in [5.74, 6) is -4.15. The van der Waals surface area contributed by atoms with Crippen LogP contribution in [0.4, 0.5) is 4.39 Å². The second-order valence-electron chi connectivity index (χ2n) is 13.7. The Morgan fingerprint density at radius 3 is 2.45 bits per heavy atom. The molecule has 220 valence electrons. The quantitative estimate of drug-likeness (QED) is 0.399. The number of esters is 1. The van der Waals surface area contributed by atoms with Gasteiger partial charge in [0.05, 0.1) is 18.9 Å². The van der Waals surface area contributed by atoms with Gasteiger partial charge < -0.3 is 20.1 Å². The molecule has 0 aromatic carbocycles. The number of allylic oxidation sites excluding steroid dienone is 4. The predicted molar refractivity (Wildman–Crippen MR) is 142 cm³/mol. The molecule has 3 N–H and O–H groups in total. The zero-order valence-corrected chi connectivity index (χ0v) is 23.6. The van der Waals surface area contributed by atoms with Crippen LogP contribution >= 0.6 is 0 Å². The zero-order chi connectivity index (χ0) is 29.3. The third kappa shape index (κ3) is 3.97. The van der Waals surface area contributed by atoms with Crippen LogP contribution in [0.3, 0.4) is 0 Å². The number of Topliss-reactive ketones (excluding diaryl/α,β-unsaturated/α-hetero) is 1. The smallest absolute Gasteiger partial charge is 0.306 e. The Bertz CT molecular complexity index is 1190. The highest BCUT2D eigenvalue weighted by Gasteiger charge is 2.75. The number of aliphatic hydroxyl groups is 2. The molecule has 5 rings (SSSR count). The lowest BCUT2D eigenvalue weighted by molar-refractivity contribution is -0.220. The molecule has 0 heterocycles. The summed E-state index contributed by atoms with van der Waals surface area (Å²) >= 11 is 0. The van der Waals surface area contributed by atoms with Gasteiger partial charge in [0.15, 0.2) is 18.1 Å². The van der Waals surface area contributed by atoms with Crippen molar-refractivity contribution in [3.05, 3.63) is 23.8 Å². The minimum atomic E-state index is -2.07. The lowest BCUT2D eigenvalue weighted by Gasteiger charge is -2.62. The first kappa shape index (κ1) is 29.1. The number of halogens is 1. The van der Waals surface area contributed by atoms with E-state index < -0.39 is 75.7 Å². The summed E-state index contributed by atoms with van der Waals surface area (Å²) in [5.41, 5.74) is -6.35. The van der Waals surface area contributed by atoms with Crippen LogP contribution in [0.2, 0.25) is 0 Å². The molecule has 4 saturated carbocycles. The van der Waals surface area contributed by atoms with E-state index in [4.69, 9.17) is 4.74 Å². The van der Waals surface area contributed by atoms with Gasteiger partial charge >= 0.3 is 11.9 Å². The van der Waals surface area contributed by atoms with Crippen molar-refractivity contribution in [3.8, 4) is 0 Å². The Hall–Kier alpha value is -2.39. The molecule has 0 amide bonds. The van der Waals surface area contributed by atoms with Gasteiger partial charge in [-0.15, -0.1) is 0 Å². The van der Waals surface area contributed by atoms with Crippen LogP contribution < -0.4 is 0 Å². The largest absolute Gasteiger partial charge is 0.481 e. The van der Waals surface area contributed by atoms with E-state index in [9.17, 15) is 34.5 Å². The molecule has 0 saturated heterocycles. The summed E-state index contributed by atoms with van der Waals surface area (Å²) in [4.78, 5) is 49.8. The molecule has 0 aromatic heterocycles. The van der Waals surface area contributed by atoms with Crippen LogP contribution in [-0.4, -0.2) is 62.8 Å². The predicted octanol–water partition coefficient (Wildman–Crippen LogP) is 3.87. The first-order valence-corrected chi connectivity index (χ1v) is 14.6. The van der Waals surface area contributed by atoms with E-state index in [-0.39, 0.29) is 25.0 Å². The maximum absolute atomic E-state index is 17.3. The molecule has 0 aromatic rings. The number of carbonyl (C=O) groups is 4.